The molecule has 2 heterocycles. The topological polar surface area (TPSA) is 32.0 Å². The zero-order chi connectivity index (χ0) is 29.1. The van der Waals surface area contributed by atoms with Crippen LogP contribution in [0.2, 0.25) is 0 Å². The van der Waals surface area contributed by atoms with E-state index in [-0.39, 0.29) is 5.41 Å². The number of rotatable bonds is 3. The van der Waals surface area contributed by atoms with E-state index in [0.717, 1.165) is 44.3 Å². The van der Waals surface area contributed by atoms with E-state index < -0.39 is 0 Å². The fraction of sp³-hybridized carbons (Fsp3) is 0.0750. The van der Waals surface area contributed by atoms with Crippen molar-refractivity contribution in [2.24, 2.45) is 0 Å². The van der Waals surface area contributed by atoms with Gasteiger partial charge in [0.25, 0.3) is 0 Å². The monoisotopic (exact) mass is 551 g/mol. The third-order valence-electron chi connectivity index (χ3n) is 8.98. The number of aromatic nitrogens is 1. The number of hydrogen-bond acceptors (Lipinski definition) is 2. The van der Waals surface area contributed by atoms with Crippen LogP contribution >= 0.6 is 0 Å². The molecule has 1 aromatic heterocycles. The first-order chi connectivity index (χ1) is 21.0. The second-order valence-corrected chi connectivity index (χ2v) is 11.8. The number of para-hydroxylation sites is 3. The van der Waals surface area contributed by atoms with Crippen molar-refractivity contribution in [3.63, 3.8) is 0 Å². The first kappa shape index (κ1) is 25.1. The predicted molar refractivity (Wildman–Crippen MR) is 178 cm³/mol. The fourth-order valence-electron chi connectivity index (χ4n) is 6.92. The minimum atomic E-state index is -0.0913. The summed E-state index contributed by atoms with van der Waals surface area (Å²) in [7, 11) is 0. The lowest BCUT2D eigenvalue weighted by molar-refractivity contribution is 0.632. The van der Waals surface area contributed by atoms with Crippen molar-refractivity contribution in [2.75, 3.05) is 4.90 Å². The highest BCUT2D eigenvalue weighted by atomic mass is 15.2. The molecule has 0 saturated carbocycles. The molecule has 0 unspecified atom stereocenters. The molecule has 7 aromatic rings. The van der Waals surface area contributed by atoms with Gasteiger partial charge in [0.2, 0.25) is 0 Å². The van der Waals surface area contributed by atoms with Crippen LogP contribution in [0.4, 0.5) is 17.1 Å². The lowest BCUT2D eigenvalue weighted by atomic mass is 9.73. The molecule has 3 nitrogen and oxygen atoms in total. The molecule has 0 radical (unpaired) electrons. The highest BCUT2D eigenvalue weighted by molar-refractivity contribution is 6.09. The Balaban J connectivity index is 1.28. The van der Waals surface area contributed by atoms with Gasteiger partial charge >= 0.3 is 0 Å². The highest BCUT2D eigenvalue weighted by Gasteiger charge is 2.36. The van der Waals surface area contributed by atoms with Crippen LogP contribution in [0, 0.1) is 11.3 Å². The largest absolute Gasteiger partial charge is 0.310 e. The Morgan fingerprint density at radius 3 is 1.81 bits per heavy atom. The lowest BCUT2D eigenvalue weighted by Crippen LogP contribution is -2.30. The molecule has 3 heteroatoms. The van der Waals surface area contributed by atoms with Crippen molar-refractivity contribution in [2.45, 2.75) is 19.3 Å². The number of nitrogens with zero attached hydrogens (tertiary/aromatic N) is 3. The van der Waals surface area contributed by atoms with Crippen molar-refractivity contribution in [1.29, 1.82) is 5.26 Å². The molecular formula is C40H29N3. The molecule has 0 atom stereocenters. The van der Waals surface area contributed by atoms with E-state index in [1.54, 1.807) is 0 Å². The highest BCUT2D eigenvalue weighted by Crippen LogP contribution is 2.51. The Bertz CT molecular complexity index is 2200. The van der Waals surface area contributed by atoms with Gasteiger partial charge in [-0.25, -0.2) is 0 Å². The minimum Gasteiger partial charge on any atom is -0.310 e. The third kappa shape index (κ3) is 3.81. The molecule has 43 heavy (non-hydrogen) atoms. The van der Waals surface area contributed by atoms with Crippen molar-refractivity contribution >= 4 is 38.9 Å². The molecule has 6 aromatic carbocycles. The van der Waals surface area contributed by atoms with Crippen LogP contribution in [-0.2, 0) is 5.41 Å². The van der Waals surface area contributed by atoms with Gasteiger partial charge in [-0.2, -0.15) is 5.26 Å². The summed E-state index contributed by atoms with van der Waals surface area (Å²) in [6.45, 7) is 4.64. The Hall–Kier alpha value is -5.59. The maximum absolute atomic E-state index is 9.55. The molecule has 1 aliphatic rings. The van der Waals surface area contributed by atoms with E-state index in [1.807, 2.05) is 12.1 Å². The number of nitriles is 1. The molecule has 0 saturated heterocycles. The smallest absolute Gasteiger partial charge is 0.0991 e. The zero-order valence-corrected chi connectivity index (χ0v) is 24.1. The molecule has 0 spiro atoms. The Morgan fingerprint density at radius 2 is 1.12 bits per heavy atom. The van der Waals surface area contributed by atoms with Crippen LogP contribution in [0.3, 0.4) is 0 Å². The van der Waals surface area contributed by atoms with Crippen LogP contribution in [0.1, 0.15) is 30.5 Å². The average Bonchev–Trinajstić information content (AvgIpc) is 3.39. The van der Waals surface area contributed by atoms with Gasteiger partial charge in [0.05, 0.1) is 34.0 Å². The summed E-state index contributed by atoms with van der Waals surface area (Å²) in [6, 6.07) is 51.9. The van der Waals surface area contributed by atoms with Gasteiger partial charge in [0.1, 0.15) is 0 Å². The minimum absolute atomic E-state index is 0.0913. The van der Waals surface area contributed by atoms with Crippen LogP contribution in [-0.4, -0.2) is 4.57 Å². The van der Waals surface area contributed by atoms with E-state index in [0.29, 0.717) is 5.56 Å². The number of fused-ring (bicyclic) bond motifs is 5. The Labute approximate surface area is 251 Å². The van der Waals surface area contributed by atoms with Crippen molar-refractivity contribution in [3.05, 3.63) is 156 Å². The molecule has 0 N–H and O–H groups in total. The zero-order valence-electron chi connectivity index (χ0n) is 24.1. The molecule has 0 bridgehead atoms. The second-order valence-electron chi connectivity index (χ2n) is 11.8. The molecule has 8 rings (SSSR count). The maximum Gasteiger partial charge on any atom is 0.0991 e. The van der Waals surface area contributed by atoms with E-state index in [2.05, 4.69) is 157 Å². The van der Waals surface area contributed by atoms with Gasteiger partial charge in [-0.05, 0) is 82.9 Å². The van der Waals surface area contributed by atoms with Crippen LogP contribution in [0.15, 0.2) is 140 Å². The van der Waals surface area contributed by atoms with Gasteiger partial charge < -0.3 is 9.47 Å². The molecule has 0 fully saturated rings. The van der Waals surface area contributed by atoms with Gasteiger partial charge in [0, 0.05) is 27.6 Å². The summed E-state index contributed by atoms with van der Waals surface area (Å²) >= 11 is 0. The quantitative estimate of drug-likeness (QED) is 0.219. The fourth-order valence-corrected chi connectivity index (χ4v) is 6.92. The SMILES string of the molecule is CC1(C)c2ccccc2N(c2cccc(-c3cccc(-n4c5ccccc5c5cc(C#N)ccc54)c3)c2)c2ccccc21. The van der Waals surface area contributed by atoms with Crippen LogP contribution in [0.25, 0.3) is 38.6 Å². The van der Waals surface area contributed by atoms with Crippen molar-refractivity contribution in [1.82, 2.24) is 4.57 Å². The molecule has 1 aliphatic heterocycles. The van der Waals surface area contributed by atoms with Gasteiger partial charge in [-0.1, -0.05) is 92.7 Å². The summed E-state index contributed by atoms with van der Waals surface area (Å²) in [5.74, 6) is 0. The van der Waals surface area contributed by atoms with E-state index in [4.69, 9.17) is 0 Å². The normalized spacial score (nSPS) is 13.5. The molecule has 204 valence electrons. The van der Waals surface area contributed by atoms with Crippen LogP contribution < -0.4 is 4.90 Å². The molecule has 0 amide bonds. The van der Waals surface area contributed by atoms with E-state index >= 15 is 0 Å². The van der Waals surface area contributed by atoms with Crippen molar-refractivity contribution < 1.29 is 0 Å². The van der Waals surface area contributed by atoms with Gasteiger partial charge in [-0.3, -0.25) is 0 Å². The predicted octanol–water partition coefficient (Wildman–Crippen LogP) is 10.4. The summed E-state index contributed by atoms with van der Waals surface area (Å²) in [5, 5.41) is 11.8. The Morgan fingerprint density at radius 1 is 0.535 bits per heavy atom. The first-order valence-electron chi connectivity index (χ1n) is 14.7. The second kappa shape index (κ2) is 9.48. The van der Waals surface area contributed by atoms with Gasteiger partial charge in [0.15, 0.2) is 0 Å². The van der Waals surface area contributed by atoms with Crippen LogP contribution in [0.5, 0.6) is 0 Å². The standard InChI is InChI=1S/C40H29N3/c1-40(2)34-16-4-7-19-38(34)43(39-20-8-5-17-35(39)40)31-14-10-12-29(25-31)28-11-9-13-30(24-28)42-36-18-6-3-15-32(36)33-23-27(26-41)21-22-37(33)42/h3-25H,1-2H3. The number of hydrogen-bond donors (Lipinski definition) is 0. The Kier molecular flexibility index (Phi) is 5.54. The summed E-state index contributed by atoms with van der Waals surface area (Å²) < 4.78 is 2.30. The maximum atomic E-state index is 9.55. The third-order valence-corrected chi connectivity index (χ3v) is 8.98. The average molecular weight is 552 g/mol. The van der Waals surface area contributed by atoms with Crippen molar-refractivity contribution in [3.8, 4) is 22.9 Å². The molecular weight excluding hydrogens is 522 g/mol. The number of benzene rings is 6. The first-order valence-corrected chi connectivity index (χ1v) is 14.7. The van der Waals surface area contributed by atoms with E-state index in [1.165, 1.54) is 22.5 Å². The summed E-state index contributed by atoms with van der Waals surface area (Å²) in [5.41, 5.74) is 12.4. The van der Waals surface area contributed by atoms with E-state index in [9.17, 15) is 5.26 Å². The van der Waals surface area contributed by atoms with Gasteiger partial charge in [-0.15, -0.1) is 0 Å². The summed E-state index contributed by atoms with van der Waals surface area (Å²) in [4.78, 5) is 2.41. The number of anilines is 3. The summed E-state index contributed by atoms with van der Waals surface area (Å²) in [6.07, 6.45) is 0. The molecule has 0 aliphatic carbocycles. The lowest BCUT2D eigenvalue weighted by Gasteiger charge is -2.42.